The van der Waals surface area contributed by atoms with E-state index in [4.69, 9.17) is 0 Å². The summed E-state index contributed by atoms with van der Waals surface area (Å²) in [7, 11) is 4.33. The number of rotatable bonds is 3. The molecule has 0 unspecified atom stereocenters. The Labute approximate surface area is 112 Å². The van der Waals surface area contributed by atoms with Gasteiger partial charge in [-0.1, -0.05) is 49.4 Å². The van der Waals surface area contributed by atoms with Crippen molar-refractivity contribution < 1.29 is 0 Å². The van der Waals surface area contributed by atoms with E-state index >= 15 is 0 Å². The Kier molecular flexibility index (Phi) is 4.82. The molecule has 0 saturated heterocycles. The Morgan fingerprint density at radius 2 is 1.72 bits per heavy atom. The highest BCUT2D eigenvalue weighted by Crippen LogP contribution is 2.34. The molecule has 0 aromatic heterocycles. The minimum absolute atomic E-state index is 0.808. The Balaban J connectivity index is 2.24. The summed E-state index contributed by atoms with van der Waals surface area (Å²) in [6, 6.07) is 7.05. The van der Waals surface area contributed by atoms with Gasteiger partial charge in [-0.3, -0.25) is 0 Å². The van der Waals surface area contributed by atoms with Crippen molar-refractivity contribution in [3.63, 3.8) is 0 Å². The van der Waals surface area contributed by atoms with Gasteiger partial charge in [0.25, 0.3) is 0 Å². The van der Waals surface area contributed by atoms with Crippen LogP contribution in [-0.2, 0) is 6.54 Å². The standard InChI is InChI=1S/C17H27N/c1-14-10-11-16(13-18(2)3)17(12-14)15-8-6-4-5-7-9-15/h10-12,15H,4-9,13H2,1-3H3. The molecule has 0 spiro atoms. The van der Waals surface area contributed by atoms with Crippen molar-refractivity contribution >= 4 is 0 Å². The van der Waals surface area contributed by atoms with Crippen LogP contribution < -0.4 is 0 Å². The third-order valence-electron chi connectivity index (χ3n) is 4.08. The third kappa shape index (κ3) is 3.58. The lowest BCUT2D eigenvalue weighted by molar-refractivity contribution is 0.398. The largest absolute Gasteiger partial charge is 0.305 e. The van der Waals surface area contributed by atoms with Gasteiger partial charge in [0.1, 0.15) is 0 Å². The van der Waals surface area contributed by atoms with Gasteiger partial charge in [0.05, 0.1) is 0 Å². The molecule has 0 atom stereocenters. The Morgan fingerprint density at radius 3 is 2.33 bits per heavy atom. The van der Waals surface area contributed by atoms with Crippen LogP contribution in [0.25, 0.3) is 0 Å². The van der Waals surface area contributed by atoms with Crippen molar-refractivity contribution in [2.24, 2.45) is 0 Å². The fourth-order valence-corrected chi connectivity index (χ4v) is 3.17. The summed E-state index contributed by atoms with van der Waals surface area (Å²) >= 11 is 0. The first kappa shape index (κ1) is 13.6. The van der Waals surface area contributed by atoms with Gasteiger partial charge in [0.15, 0.2) is 0 Å². The molecule has 1 saturated carbocycles. The molecule has 1 fully saturated rings. The molecule has 0 bridgehead atoms. The van der Waals surface area contributed by atoms with Crippen molar-refractivity contribution in [2.75, 3.05) is 14.1 Å². The highest BCUT2D eigenvalue weighted by molar-refractivity contribution is 5.34. The van der Waals surface area contributed by atoms with E-state index in [1.165, 1.54) is 49.7 Å². The van der Waals surface area contributed by atoms with E-state index < -0.39 is 0 Å². The molecule has 0 amide bonds. The van der Waals surface area contributed by atoms with Crippen molar-refractivity contribution in [1.29, 1.82) is 0 Å². The van der Waals surface area contributed by atoms with Crippen LogP contribution in [0.2, 0.25) is 0 Å². The zero-order valence-electron chi connectivity index (χ0n) is 12.2. The molecule has 1 aliphatic carbocycles. The van der Waals surface area contributed by atoms with Gasteiger partial charge in [0.2, 0.25) is 0 Å². The monoisotopic (exact) mass is 245 g/mol. The second kappa shape index (κ2) is 6.38. The second-order valence-electron chi connectivity index (χ2n) is 6.13. The lowest BCUT2D eigenvalue weighted by Gasteiger charge is -2.21. The van der Waals surface area contributed by atoms with Crippen LogP contribution in [0, 0.1) is 6.92 Å². The van der Waals surface area contributed by atoms with Gasteiger partial charge >= 0.3 is 0 Å². The predicted octanol–water partition coefficient (Wildman–Crippen LogP) is 4.49. The van der Waals surface area contributed by atoms with Crippen LogP contribution in [0.1, 0.15) is 61.1 Å². The average Bonchev–Trinajstić information content (AvgIpc) is 2.59. The molecule has 0 heterocycles. The van der Waals surface area contributed by atoms with E-state index in [0.29, 0.717) is 0 Å². The van der Waals surface area contributed by atoms with Gasteiger partial charge in [-0.25, -0.2) is 0 Å². The molecule has 1 aromatic carbocycles. The molecule has 1 aliphatic rings. The number of nitrogens with zero attached hydrogens (tertiary/aromatic N) is 1. The van der Waals surface area contributed by atoms with Gasteiger partial charge in [-0.15, -0.1) is 0 Å². The van der Waals surface area contributed by atoms with Crippen LogP contribution in [0.3, 0.4) is 0 Å². The van der Waals surface area contributed by atoms with Crippen molar-refractivity contribution in [3.05, 3.63) is 34.9 Å². The van der Waals surface area contributed by atoms with Crippen molar-refractivity contribution in [1.82, 2.24) is 4.90 Å². The Hall–Kier alpha value is -0.820. The van der Waals surface area contributed by atoms with Crippen LogP contribution >= 0.6 is 0 Å². The van der Waals surface area contributed by atoms with Crippen molar-refractivity contribution in [3.8, 4) is 0 Å². The highest BCUT2D eigenvalue weighted by atomic mass is 15.0. The van der Waals surface area contributed by atoms with E-state index in [0.717, 1.165) is 12.5 Å². The van der Waals surface area contributed by atoms with Gasteiger partial charge in [0, 0.05) is 6.54 Å². The van der Waals surface area contributed by atoms with Gasteiger partial charge in [-0.05, 0) is 50.9 Å². The smallest absolute Gasteiger partial charge is 0.0230 e. The van der Waals surface area contributed by atoms with E-state index in [9.17, 15) is 0 Å². The normalized spacial score (nSPS) is 18.0. The SMILES string of the molecule is Cc1ccc(CN(C)C)c(C2CCCCCC2)c1. The van der Waals surface area contributed by atoms with Crippen LogP contribution in [0.4, 0.5) is 0 Å². The van der Waals surface area contributed by atoms with Crippen LogP contribution in [0.15, 0.2) is 18.2 Å². The lowest BCUT2D eigenvalue weighted by atomic mass is 9.87. The summed E-state index contributed by atoms with van der Waals surface area (Å²) in [4.78, 5) is 2.28. The molecule has 1 aromatic rings. The molecule has 100 valence electrons. The highest BCUT2D eigenvalue weighted by Gasteiger charge is 2.17. The van der Waals surface area contributed by atoms with Crippen LogP contribution in [-0.4, -0.2) is 19.0 Å². The first-order chi connectivity index (χ1) is 8.66. The van der Waals surface area contributed by atoms with Gasteiger partial charge in [-0.2, -0.15) is 0 Å². The lowest BCUT2D eigenvalue weighted by Crippen LogP contribution is -2.14. The maximum atomic E-state index is 2.44. The predicted molar refractivity (Wildman–Crippen MR) is 79.0 cm³/mol. The van der Waals surface area contributed by atoms with E-state index in [2.05, 4.69) is 44.1 Å². The van der Waals surface area contributed by atoms with Gasteiger partial charge < -0.3 is 4.90 Å². The summed E-state index contributed by atoms with van der Waals surface area (Å²) < 4.78 is 0. The molecule has 1 nitrogen and oxygen atoms in total. The first-order valence-electron chi connectivity index (χ1n) is 7.41. The molecule has 18 heavy (non-hydrogen) atoms. The number of hydrogen-bond donors (Lipinski definition) is 0. The Bertz CT molecular complexity index is 373. The van der Waals surface area contributed by atoms with E-state index in [1.54, 1.807) is 5.56 Å². The number of hydrogen-bond acceptors (Lipinski definition) is 1. The molecular formula is C17H27N. The molecular weight excluding hydrogens is 218 g/mol. The zero-order valence-corrected chi connectivity index (χ0v) is 12.2. The molecule has 1 heteroatoms. The summed E-state index contributed by atoms with van der Waals surface area (Å²) in [6.07, 6.45) is 8.49. The average molecular weight is 245 g/mol. The second-order valence-corrected chi connectivity index (χ2v) is 6.13. The van der Waals surface area contributed by atoms with E-state index in [-0.39, 0.29) is 0 Å². The minimum Gasteiger partial charge on any atom is -0.305 e. The number of aryl methyl sites for hydroxylation is 1. The number of benzene rings is 1. The zero-order chi connectivity index (χ0) is 13.0. The first-order valence-corrected chi connectivity index (χ1v) is 7.41. The third-order valence-corrected chi connectivity index (χ3v) is 4.08. The maximum Gasteiger partial charge on any atom is 0.0230 e. The topological polar surface area (TPSA) is 3.24 Å². The fraction of sp³-hybridized carbons (Fsp3) is 0.647. The molecule has 0 radical (unpaired) electrons. The quantitative estimate of drug-likeness (QED) is 0.709. The summed E-state index contributed by atoms with van der Waals surface area (Å²) in [5.74, 6) is 0.808. The molecule has 2 rings (SSSR count). The summed E-state index contributed by atoms with van der Waals surface area (Å²) in [5.41, 5.74) is 4.58. The van der Waals surface area contributed by atoms with Crippen molar-refractivity contribution in [2.45, 2.75) is 57.9 Å². The summed E-state index contributed by atoms with van der Waals surface area (Å²) in [5, 5.41) is 0. The Morgan fingerprint density at radius 1 is 1.06 bits per heavy atom. The molecule has 0 aliphatic heterocycles. The maximum absolute atomic E-state index is 2.44. The fourth-order valence-electron chi connectivity index (χ4n) is 3.17. The van der Waals surface area contributed by atoms with E-state index in [1.807, 2.05) is 0 Å². The minimum atomic E-state index is 0.808. The van der Waals surface area contributed by atoms with Crippen LogP contribution in [0.5, 0.6) is 0 Å². The molecule has 0 N–H and O–H groups in total. The summed E-state index contributed by atoms with van der Waals surface area (Å²) in [6.45, 7) is 3.30.